The van der Waals surface area contributed by atoms with Gasteiger partial charge >= 0.3 is 0 Å². The van der Waals surface area contributed by atoms with E-state index < -0.39 is 17.6 Å². The van der Waals surface area contributed by atoms with Gasteiger partial charge in [-0.25, -0.2) is 9.29 Å². The number of rotatable bonds is 5. The Morgan fingerprint density at radius 1 is 0.970 bits per heavy atom. The quantitative estimate of drug-likeness (QED) is 0.314. The molecule has 1 aliphatic rings. The first-order valence-electron chi connectivity index (χ1n) is 9.73. The maximum absolute atomic E-state index is 13.2. The van der Waals surface area contributed by atoms with E-state index in [9.17, 15) is 18.8 Å². The Balaban J connectivity index is 1.48. The van der Waals surface area contributed by atoms with Crippen LogP contribution in [0.4, 0.5) is 21.5 Å². The number of nitrogens with one attached hydrogen (secondary N) is 2. The predicted molar refractivity (Wildman–Crippen MR) is 134 cm³/mol. The number of nitrogens with zero attached hydrogens (tertiary/aromatic N) is 1. The molecule has 0 bridgehead atoms. The highest BCUT2D eigenvalue weighted by atomic mass is 127. The predicted octanol–water partition coefficient (Wildman–Crippen LogP) is 5.43. The third-order valence-corrected chi connectivity index (χ3v) is 5.99. The maximum Gasteiger partial charge on any atom is 0.283 e. The molecule has 3 aromatic rings. The van der Waals surface area contributed by atoms with Crippen LogP contribution in [0.15, 0.2) is 77.5 Å². The highest BCUT2D eigenvalue weighted by molar-refractivity contribution is 14.1. The maximum atomic E-state index is 13.2. The second-order valence-electron chi connectivity index (χ2n) is 7.23. The highest BCUT2D eigenvalue weighted by Gasteiger charge is 2.38. The largest absolute Gasteiger partial charge is 0.350 e. The van der Waals surface area contributed by atoms with Gasteiger partial charge in [-0.1, -0.05) is 11.6 Å². The Labute approximate surface area is 207 Å². The monoisotopic (exact) mass is 575 g/mol. The van der Waals surface area contributed by atoms with E-state index in [2.05, 4.69) is 33.2 Å². The van der Waals surface area contributed by atoms with E-state index in [1.165, 1.54) is 12.1 Å². The van der Waals surface area contributed by atoms with Crippen molar-refractivity contribution >= 4 is 69.0 Å². The standard InChI is InChI=1S/C24H16ClFIN3O3/c1-13-12-16(27)6-11-19(13)29-22(31)14-2-7-17(8-3-14)28-21-20(25)23(32)30(24(21)33)18-9-4-15(26)5-10-18/h2-12,28H,1H3,(H,29,31). The van der Waals surface area contributed by atoms with Gasteiger partial charge in [-0.05, 0) is 102 Å². The van der Waals surface area contributed by atoms with Crippen LogP contribution in [0.1, 0.15) is 15.9 Å². The van der Waals surface area contributed by atoms with Crippen LogP contribution in [0.3, 0.4) is 0 Å². The number of aryl methyl sites for hydroxylation is 1. The average molecular weight is 576 g/mol. The molecular formula is C24H16ClFIN3O3. The van der Waals surface area contributed by atoms with Crippen molar-refractivity contribution in [2.45, 2.75) is 6.92 Å². The van der Waals surface area contributed by atoms with Crippen molar-refractivity contribution < 1.29 is 18.8 Å². The number of carbonyl (C=O) groups is 3. The van der Waals surface area contributed by atoms with Gasteiger partial charge in [0.15, 0.2) is 0 Å². The van der Waals surface area contributed by atoms with Gasteiger partial charge in [0.1, 0.15) is 16.5 Å². The molecule has 3 amide bonds. The number of hydrogen-bond donors (Lipinski definition) is 2. The van der Waals surface area contributed by atoms with Crippen LogP contribution >= 0.6 is 34.2 Å². The fourth-order valence-electron chi connectivity index (χ4n) is 3.25. The van der Waals surface area contributed by atoms with Gasteiger partial charge in [-0.15, -0.1) is 0 Å². The van der Waals surface area contributed by atoms with Crippen LogP contribution in [0.2, 0.25) is 0 Å². The molecule has 0 aliphatic carbocycles. The molecule has 166 valence electrons. The lowest BCUT2D eigenvalue weighted by atomic mass is 10.1. The van der Waals surface area contributed by atoms with E-state index in [4.69, 9.17) is 11.6 Å². The number of halogens is 3. The summed E-state index contributed by atoms with van der Waals surface area (Å²) in [4.78, 5) is 38.7. The smallest absolute Gasteiger partial charge is 0.283 e. The van der Waals surface area contributed by atoms with E-state index in [1.807, 2.05) is 25.1 Å². The second-order valence-corrected chi connectivity index (χ2v) is 8.85. The molecule has 0 aromatic heterocycles. The van der Waals surface area contributed by atoms with Crippen molar-refractivity contribution in [1.29, 1.82) is 0 Å². The van der Waals surface area contributed by atoms with Gasteiger partial charge in [-0.3, -0.25) is 14.4 Å². The Hall–Kier alpha value is -3.24. The number of imide groups is 1. The third kappa shape index (κ3) is 4.76. The van der Waals surface area contributed by atoms with E-state index in [0.717, 1.165) is 31.9 Å². The summed E-state index contributed by atoms with van der Waals surface area (Å²) in [7, 11) is 0. The molecule has 2 N–H and O–H groups in total. The Morgan fingerprint density at radius 3 is 2.27 bits per heavy atom. The molecule has 0 spiro atoms. The fraction of sp³-hybridized carbons (Fsp3) is 0.0417. The number of amides is 3. The summed E-state index contributed by atoms with van der Waals surface area (Å²) in [6.07, 6.45) is 0. The highest BCUT2D eigenvalue weighted by Crippen LogP contribution is 2.30. The van der Waals surface area contributed by atoms with Crippen molar-refractivity contribution in [1.82, 2.24) is 0 Å². The Morgan fingerprint density at radius 2 is 1.64 bits per heavy atom. The lowest BCUT2D eigenvalue weighted by Crippen LogP contribution is -2.32. The van der Waals surface area contributed by atoms with E-state index >= 15 is 0 Å². The van der Waals surface area contributed by atoms with Crippen LogP contribution in [0.25, 0.3) is 0 Å². The molecule has 9 heteroatoms. The van der Waals surface area contributed by atoms with E-state index in [1.54, 1.807) is 24.3 Å². The summed E-state index contributed by atoms with van der Waals surface area (Å²) in [6.45, 7) is 1.91. The molecule has 1 aliphatic heterocycles. The van der Waals surface area contributed by atoms with Gasteiger partial charge in [-0.2, -0.15) is 0 Å². The minimum absolute atomic E-state index is 0.0993. The first-order valence-corrected chi connectivity index (χ1v) is 11.2. The minimum Gasteiger partial charge on any atom is -0.350 e. The molecule has 33 heavy (non-hydrogen) atoms. The molecule has 0 unspecified atom stereocenters. The van der Waals surface area contributed by atoms with Gasteiger partial charge in [0, 0.05) is 20.5 Å². The van der Waals surface area contributed by atoms with Crippen LogP contribution in [0, 0.1) is 16.3 Å². The molecule has 0 saturated carbocycles. The molecular weight excluding hydrogens is 560 g/mol. The van der Waals surface area contributed by atoms with Crippen molar-refractivity contribution in [2.75, 3.05) is 15.5 Å². The molecule has 4 rings (SSSR count). The molecule has 0 atom stereocenters. The van der Waals surface area contributed by atoms with Crippen LogP contribution in [-0.2, 0) is 9.59 Å². The Kier molecular flexibility index (Phi) is 6.48. The summed E-state index contributed by atoms with van der Waals surface area (Å²) in [5.41, 5.74) is 2.66. The topological polar surface area (TPSA) is 78.5 Å². The molecule has 0 fully saturated rings. The van der Waals surface area contributed by atoms with Crippen LogP contribution < -0.4 is 15.5 Å². The van der Waals surface area contributed by atoms with Gasteiger partial charge in [0.2, 0.25) is 0 Å². The van der Waals surface area contributed by atoms with Crippen LogP contribution in [0.5, 0.6) is 0 Å². The summed E-state index contributed by atoms with van der Waals surface area (Å²) in [5.74, 6) is -2.14. The molecule has 0 radical (unpaired) electrons. The van der Waals surface area contributed by atoms with Crippen molar-refractivity contribution in [3.63, 3.8) is 0 Å². The van der Waals surface area contributed by atoms with Crippen molar-refractivity contribution in [3.05, 3.63) is 98.0 Å². The van der Waals surface area contributed by atoms with Gasteiger partial charge < -0.3 is 10.6 Å². The molecule has 0 saturated heterocycles. The van der Waals surface area contributed by atoms with Gasteiger partial charge in [0.05, 0.1) is 5.69 Å². The average Bonchev–Trinajstić information content (AvgIpc) is 3.00. The van der Waals surface area contributed by atoms with Crippen LogP contribution in [-0.4, -0.2) is 17.7 Å². The normalized spacial score (nSPS) is 13.5. The fourth-order valence-corrected chi connectivity index (χ4v) is 4.11. The van der Waals surface area contributed by atoms with Crippen molar-refractivity contribution in [2.24, 2.45) is 0 Å². The third-order valence-electron chi connectivity index (χ3n) is 4.97. The molecule has 1 heterocycles. The number of benzene rings is 3. The zero-order valence-corrected chi connectivity index (χ0v) is 20.1. The lowest BCUT2D eigenvalue weighted by molar-refractivity contribution is -0.120. The Bertz CT molecular complexity index is 1310. The summed E-state index contributed by atoms with van der Waals surface area (Å²) < 4.78 is 14.3. The minimum atomic E-state index is -0.709. The second kappa shape index (κ2) is 9.32. The first kappa shape index (κ1) is 22.9. The summed E-state index contributed by atoms with van der Waals surface area (Å²) in [5, 5.41) is 5.43. The number of hydrogen-bond acceptors (Lipinski definition) is 4. The zero-order valence-electron chi connectivity index (χ0n) is 17.2. The summed E-state index contributed by atoms with van der Waals surface area (Å²) >= 11 is 8.32. The van der Waals surface area contributed by atoms with E-state index in [-0.39, 0.29) is 22.3 Å². The molecule has 6 nitrogen and oxygen atoms in total. The zero-order chi connectivity index (χ0) is 23.7. The van der Waals surface area contributed by atoms with Crippen molar-refractivity contribution in [3.8, 4) is 0 Å². The SMILES string of the molecule is Cc1cc(I)ccc1NC(=O)c1ccc(NC2=C(Cl)C(=O)N(c3ccc(F)cc3)C2=O)cc1. The molecule has 3 aromatic carbocycles. The lowest BCUT2D eigenvalue weighted by Gasteiger charge is -2.15. The van der Waals surface area contributed by atoms with E-state index in [0.29, 0.717) is 11.3 Å². The number of anilines is 3. The number of carbonyl (C=O) groups excluding carboxylic acids is 3. The van der Waals surface area contributed by atoms with Gasteiger partial charge in [0.25, 0.3) is 17.7 Å². The summed E-state index contributed by atoms with van der Waals surface area (Å²) in [6, 6.07) is 17.0. The first-order chi connectivity index (χ1) is 15.7.